The van der Waals surface area contributed by atoms with Crippen molar-refractivity contribution in [2.75, 3.05) is 26.2 Å². The van der Waals surface area contributed by atoms with Gasteiger partial charge in [-0.2, -0.15) is 5.10 Å². The summed E-state index contributed by atoms with van der Waals surface area (Å²) in [5.41, 5.74) is 5.55. The zero-order valence-electron chi connectivity index (χ0n) is 17.2. The van der Waals surface area contributed by atoms with Crippen LogP contribution < -0.4 is 0 Å². The first-order valence-electron chi connectivity index (χ1n) is 10.7. The first-order valence-corrected chi connectivity index (χ1v) is 10.7. The Hall–Kier alpha value is -1.66. The molecule has 0 bridgehead atoms. The highest BCUT2D eigenvalue weighted by Crippen LogP contribution is 2.42. The van der Waals surface area contributed by atoms with Crippen LogP contribution in [0, 0.1) is 6.92 Å². The number of nitrogens with zero attached hydrogens (tertiary/aromatic N) is 5. The molecular weight excluding hydrogens is 336 g/mol. The number of piperidine rings is 1. The number of hydrogen-bond acceptors (Lipinski definition) is 4. The zero-order chi connectivity index (χ0) is 18.9. The average Bonchev–Trinajstić information content (AvgIpc) is 3.29. The van der Waals surface area contributed by atoms with Crippen molar-refractivity contribution in [2.45, 2.75) is 71.5 Å². The maximum atomic E-state index is 4.78. The lowest BCUT2D eigenvalue weighted by Gasteiger charge is -2.50. The third-order valence-corrected chi connectivity index (χ3v) is 6.61. The molecular formula is C21H34N6. The molecule has 1 saturated heterocycles. The Kier molecular flexibility index (Phi) is 5.37. The van der Waals surface area contributed by atoms with Crippen LogP contribution in [0.4, 0.5) is 0 Å². The molecule has 0 aromatic carbocycles. The fourth-order valence-electron chi connectivity index (χ4n) is 5.07. The Morgan fingerprint density at radius 1 is 1.11 bits per heavy atom. The van der Waals surface area contributed by atoms with Crippen molar-refractivity contribution in [3.05, 3.63) is 35.2 Å². The van der Waals surface area contributed by atoms with Gasteiger partial charge in [0, 0.05) is 56.1 Å². The topological polar surface area (TPSA) is 53.0 Å². The standard InChI is InChI=1S/C21H34N6/c1-4-9-26-11-6-19-20(23-16-22-19)21(26)7-12-25(13-8-21)15-18-14-24-27(10-5-2)17(18)3/h14,16H,4-13,15H2,1-3H3,(H,22,23). The summed E-state index contributed by atoms with van der Waals surface area (Å²) in [6.07, 6.45) is 9.77. The number of fused-ring (bicyclic) bond motifs is 2. The third-order valence-electron chi connectivity index (χ3n) is 6.61. The molecule has 6 heteroatoms. The number of nitrogens with one attached hydrogen (secondary N) is 1. The summed E-state index contributed by atoms with van der Waals surface area (Å²) in [5, 5.41) is 4.58. The number of aromatic amines is 1. The van der Waals surface area contributed by atoms with Gasteiger partial charge in [0.25, 0.3) is 0 Å². The normalized spacial score (nSPS) is 20.3. The van der Waals surface area contributed by atoms with Gasteiger partial charge < -0.3 is 4.98 Å². The van der Waals surface area contributed by atoms with Crippen molar-refractivity contribution in [1.29, 1.82) is 0 Å². The highest BCUT2D eigenvalue weighted by atomic mass is 15.3. The number of aromatic nitrogens is 4. The molecule has 2 aliphatic heterocycles. The molecule has 0 aliphatic carbocycles. The Morgan fingerprint density at radius 3 is 2.63 bits per heavy atom. The van der Waals surface area contributed by atoms with E-state index in [1.807, 2.05) is 6.33 Å². The second-order valence-electron chi connectivity index (χ2n) is 8.25. The summed E-state index contributed by atoms with van der Waals surface area (Å²) < 4.78 is 2.15. The van der Waals surface area contributed by atoms with Crippen molar-refractivity contribution in [3.63, 3.8) is 0 Å². The summed E-state index contributed by atoms with van der Waals surface area (Å²) in [4.78, 5) is 13.5. The lowest BCUT2D eigenvalue weighted by atomic mass is 9.78. The minimum atomic E-state index is 0.140. The summed E-state index contributed by atoms with van der Waals surface area (Å²) in [7, 11) is 0. The second-order valence-corrected chi connectivity index (χ2v) is 8.25. The molecule has 6 nitrogen and oxygen atoms in total. The largest absolute Gasteiger partial charge is 0.348 e. The summed E-state index contributed by atoms with van der Waals surface area (Å²) in [6, 6.07) is 0. The van der Waals surface area contributed by atoms with E-state index in [1.165, 1.54) is 48.5 Å². The van der Waals surface area contributed by atoms with Crippen LogP contribution in [0.15, 0.2) is 12.5 Å². The van der Waals surface area contributed by atoms with Crippen LogP contribution in [0.1, 0.15) is 62.2 Å². The lowest BCUT2D eigenvalue weighted by molar-refractivity contribution is 0.00347. The third kappa shape index (κ3) is 3.34. The van der Waals surface area contributed by atoms with E-state index in [4.69, 9.17) is 4.98 Å². The molecule has 0 unspecified atom stereocenters. The quantitative estimate of drug-likeness (QED) is 0.849. The van der Waals surface area contributed by atoms with Gasteiger partial charge in [0.2, 0.25) is 0 Å². The van der Waals surface area contributed by atoms with Crippen molar-refractivity contribution in [2.24, 2.45) is 0 Å². The zero-order valence-corrected chi connectivity index (χ0v) is 17.2. The number of likely N-dealkylation sites (tertiary alicyclic amines) is 1. The minimum Gasteiger partial charge on any atom is -0.348 e. The van der Waals surface area contributed by atoms with Crippen LogP contribution >= 0.6 is 0 Å². The van der Waals surface area contributed by atoms with Gasteiger partial charge in [0.05, 0.1) is 23.8 Å². The molecule has 0 atom stereocenters. The van der Waals surface area contributed by atoms with Gasteiger partial charge in [-0.1, -0.05) is 13.8 Å². The van der Waals surface area contributed by atoms with Crippen LogP contribution in [0.5, 0.6) is 0 Å². The molecule has 0 radical (unpaired) electrons. The van der Waals surface area contributed by atoms with E-state index in [9.17, 15) is 0 Å². The fraction of sp³-hybridized carbons (Fsp3) is 0.714. The van der Waals surface area contributed by atoms with E-state index in [0.717, 1.165) is 45.6 Å². The average molecular weight is 371 g/mol. The van der Waals surface area contributed by atoms with Crippen LogP contribution in [-0.4, -0.2) is 55.7 Å². The van der Waals surface area contributed by atoms with E-state index >= 15 is 0 Å². The van der Waals surface area contributed by atoms with E-state index in [-0.39, 0.29) is 5.54 Å². The van der Waals surface area contributed by atoms with Crippen LogP contribution in [0.3, 0.4) is 0 Å². The SMILES string of the molecule is CCCN1CCc2[nH]cnc2C12CCN(Cc1cnn(CCC)c1C)CC2. The molecule has 2 aromatic heterocycles. The monoisotopic (exact) mass is 370 g/mol. The summed E-state index contributed by atoms with van der Waals surface area (Å²) in [5.74, 6) is 0. The van der Waals surface area contributed by atoms with Gasteiger partial charge in [0.1, 0.15) is 0 Å². The predicted molar refractivity (Wildman–Crippen MR) is 108 cm³/mol. The van der Waals surface area contributed by atoms with Crippen LogP contribution in [-0.2, 0) is 25.0 Å². The molecule has 0 amide bonds. The van der Waals surface area contributed by atoms with Crippen LogP contribution in [0.2, 0.25) is 0 Å². The molecule has 2 aromatic rings. The molecule has 1 N–H and O–H groups in total. The molecule has 1 spiro atoms. The summed E-state index contributed by atoms with van der Waals surface area (Å²) in [6.45, 7) is 13.3. The Labute approximate surface area is 163 Å². The van der Waals surface area contributed by atoms with E-state index < -0.39 is 0 Å². The molecule has 2 aliphatic rings. The van der Waals surface area contributed by atoms with Crippen molar-refractivity contribution < 1.29 is 0 Å². The van der Waals surface area contributed by atoms with Crippen molar-refractivity contribution in [3.8, 4) is 0 Å². The first-order chi connectivity index (χ1) is 13.2. The number of H-pyrrole nitrogens is 1. The number of aryl methyl sites for hydroxylation is 1. The van der Waals surface area contributed by atoms with Crippen molar-refractivity contribution in [1.82, 2.24) is 29.5 Å². The fourth-order valence-corrected chi connectivity index (χ4v) is 5.07. The maximum absolute atomic E-state index is 4.78. The minimum absolute atomic E-state index is 0.140. The van der Waals surface area contributed by atoms with E-state index in [2.05, 4.69) is 51.5 Å². The Balaban J connectivity index is 1.48. The molecule has 4 heterocycles. The summed E-state index contributed by atoms with van der Waals surface area (Å²) >= 11 is 0. The van der Waals surface area contributed by atoms with E-state index in [1.54, 1.807) is 0 Å². The van der Waals surface area contributed by atoms with Crippen molar-refractivity contribution >= 4 is 0 Å². The molecule has 0 saturated carbocycles. The van der Waals surface area contributed by atoms with Gasteiger partial charge >= 0.3 is 0 Å². The van der Waals surface area contributed by atoms with E-state index in [0.29, 0.717) is 0 Å². The molecule has 27 heavy (non-hydrogen) atoms. The molecule has 148 valence electrons. The predicted octanol–water partition coefficient (Wildman–Crippen LogP) is 3.08. The lowest BCUT2D eigenvalue weighted by Crippen LogP contribution is -2.56. The smallest absolute Gasteiger partial charge is 0.0926 e. The highest BCUT2D eigenvalue weighted by molar-refractivity contribution is 5.27. The number of hydrogen-bond donors (Lipinski definition) is 1. The maximum Gasteiger partial charge on any atom is 0.0926 e. The van der Waals surface area contributed by atoms with Gasteiger partial charge in [-0.3, -0.25) is 14.5 Å². The molecule has 4 rings (SSSR count). The molecule has 1 fully saturated rings. The van der Waals surface area contributed by atoms with Gasteiger partial charge in [-0.25, -0.2) is 4.98 Å². The van der Waals surface area contributed by atoms with Gasteiger partial charge in [-0.05, 0) is 39.2 Å². The Morgan fingerprint density at radius 2 is 1.89 bits per heavy atom. The Bertz CT molecular complexity index is 753. The number of rotatable bonds is 6. The van der Waals surface area contributed by atoms with Gasteiger partial charge in [-0.15, -0.1) is 0 Å². The first kappa shape index (κ1) is 18.7. The number of imidazole rings is 1. The second kappa shape index (κ2) is 7.76. The van der Waals surface area contributed by atoms with Gasteiger partial charge in [0.15, 0.2) is 0 Å². The van der Waals surface area contributed by atoms with Crippen LogP contribution in [0.25, 0.3) is 0 Å². The highest BCUT2D eigenvalue weighted by Gasteiger charge is 2.46.